The summed E-state index contributed by atoms with van der Waals surface area (Å²) in [6, 6.07) is 0. The van der Waals surface area contributed by atoms with Gasteiger partial charge in [0.1, 0.15) is 0 Å². The van der Waals surface area contributed by atoms with E-state index in [2.05, 4.69) is 57.2 Å². The van der Waals surface area contributed by atoms with Crippen molar-refractivity contribution >= 4 is 12.4 Å². The van der Waals surface area contributed by atoms with Gasteiger partial charge in [0.2, 0.25) is 0 Å². The maximum Gasteiger partial charge on any atom is 2.00 e. The summed E-state index contributed by atoms with van der Waals surface area (Å²) in [5.41, 5.74) is 7.35. The summed E-state index contributed by atoms with van der Waals surface area (Å²) in [7, 11) is 0. The summed E-state index contributed by atoms with van der Waals surface area (Å²) in [5.74, 6) is 0.520. The van der Waals surface area contributed by atoms with Crippen LogP contribution in [0.1, 0.15) is 20.3 Å². The van der Waals surface area contributed by atoms with Crippen LogP contribution in [0.4, 0.5) is 0 Å². The van der Waals surface area contributed by atoms with Crippen LogP contribution in [0, 0.1) is 0 Å². The second kappa shape index (κ2) is 7.77. The maximum atomic E-state index is 2.41. The molecule has 96 valence electrons. The molecule has 0 fully saturated rings. The van der Waals surface area contributed by atoms with Crippen molar-refractivity contribution in [2.24, 2.45) is 0 Å². The van der Waals surface area contributed by atoms with Crippen LogP contribution in [-0.2, 0) is 26.2 Å². The van der Waals surface area contributed by atoms with Gasteiger partial charge in [-0.2, -0.15) is 0 Å². The van der Waals surface area contributed by atoms with E-state index in [1.807, 2.05) is 0 Å². The van der Waals surface area contributed by atoms with E-state index in [9.17, 15) is 0 Å². The van der Waals surface area contributed by atoms with Crippen molar-refractivity contribution in [1.29, 1.82) is 0 Å². The van der Waals surface area contributed by atoms with Crippen LogP contribution in [0.5, 0.6) is 0 Å². The molecule has 2 aliphatic carbocycles. The zero-order chi connectivity index (χ0) is 11.1. The fraction of sp³-hybridized carbons (Fsp3) is 0.267. The Morgan fingerprint density at radius 2 is 1.89 bits per heavy atom. The molecule has 0 bridgehead atoms. The normalized spacial score (nSPS) is 21.3. The SMILES string of the molecule is CC(C)=C1C2=CC=CC2=BC1C1=CC=CC1.[Cl-].[Cl-].[Zr+2]. The van der Waals surface area contributed by atoms with Gasteiger partial charge in [-0.05, 0) is 0 Å². The Kier molecular flexibility index (Phi) is 7.81. The van der Waals surface area contributed by atoms with E-state index in [1.54, 1.807) is 0 Å². The molecule has 19 heavy (non-hydrogen) atoms. The first-order chi connectivity index (χ1) is 7.77. The topological polar surface area (TPSA) is 0 Å². The van der Waals surface area contributed by atoms with Crippen LogP contribution in [0.2, 0.25) is 5.82 Å². The first-order valence-corrected chi connectivity index (χ1v) is 5.91. The van der Waals surface area contributed by atoms with E-state index in [0.29, 0.717) is 5.82 Å². The molecule has 0 aromatic carbocycles. The molecule has 4 heteroatoms. The Bertz CT molecular complexity index is 532. The van der Waals surface area contributed by atoms with E-state index in [1.165, 1.54) is 27.8 Å². The summed E-state index contributed by atoms with van der Waals surface area (Å²) in [5, 5.41) is 0. The number of allylic oxidation sites excluding steroid dienone is 10. The van der Waals surface area contributed by atoms with Crippen molar-refractivity contribution in [2.75, 3.05) is 0 Å². The molecule has 3 aliphatic rings. The van der Waals surface area contributed by atoms with Crippen molar-refractivity contribution in [3.05, 3.63) is 58.7 Å². The number of hydrogen-bond donors (Lipinski definition) is 0. The Labute approximate surface area is 147 Å². The Morgan fingerprint density at radius 1 is 1.16 bits per heavy atom. The van der Waals surface area contributed by atoms with Gasteiger partial charge in [-0.3, -0.25) is 0 Å². The minimum Gasteiger partial charge on any atom is -1.00 e. The molecular formula is C15H15BCl2Zr. The van der Waals surface area contributed by atoms with Crippen LogP contribution in [-0.4, -0.2) is 12.4 Å². The van der Waals surface area contributed by atoms with Gasteiger partial charge in [-0.25, -0.2) is 0 Å². The van der Waals surface area contributed by atoms with E-state index >= 15 is 0 Å². The summed E-state index contributed by atoms with van der Waals surface area (Å²) < 4.78 is 0. The predicted molar refractivity (Wildman–Crippen MR) is 71.9 cm³/mol. The summed E-state index contributed by atoms with van der Waals surface area (Å²) in [6.07, 6.45) is 14.4. The smallest absolute Gasteiger partial charge is 1.00 e. The predicted octanol–water partition coefficient (Wildman–Crippen LogP) is -2.61. The fourth-order valence-corrected chi connectivity index (χ4v) is 2.82. The molecule has 1 unspecified atom stereocenters. The van der Waals surface area contributed by atoms with Crippen molar-refractivity contribution in [3.8, 4) is 0 Å². The third-order valence-electron chi connectivity index (χ3n) is 3.54. The van der Waals surface area contributed by atoms with Crippen LogP contribution in [0.3, 0.4) is 0 Å². The average molecular weight is 368 g/mol. The first-order valence-electron chi connectivity index (χ1n) is 5.91. The third-order valence-corrected chi connectivity index (χ3v) is 3.54. The second-order valence-corrected chi connectivity index (χ2v) is 4.83. The molecule has 1 atom stereocenters. The van der Waals surface area contributed by atoms with Crippen LogP contribution < -0.4 is 24.8 Å². The Balaban J connectivity index is 0.00000108. The van der Waals surface area contributed by atoms with Gasteiger partial charge in [0.15, 0.2) is 0 Å². The standard InChI is InChI=1S/C15H15B.2ClH.Zr/c1-10(2)14-12-8-5-9-13(12)16-15(14)11-6-3-4-7-11;;;/h3-6,8-9,15H,7H2,1-2H3;2*1H;/q;;;+2/p-2. The van der Waals surface area contributed by atoms with Gasteiger partial charge in [0, 0.05) is 0 Å². The summed E-state index contributed by atoms with van der Waals surface area (Å²) >= 11 is 0. The van der Waals surface area contributed by atoms with Crippen molar-refractivity contribution in [2.45, 2.75) is 26.1 Å². The zero-order valence-corrected chi connectivity index (χ0v) is 15.1. The molecule has 0 aromatic heterocycles. The monoisotopic (exact) mass is 366 g/mol. The van der Waals surface area contributed by atoms with Gasteiger partial charge in [0.25, 0.3) is 0 Å². The van der Waals surface area contributed by atoms with Crippen LogP contribution >= 0.6 is 0 Å². The van der Waals surface area contributed by atoms with Gasteiger partial charge < -0.3 is 24.8 Å². The molecule has 1 heterocycles. The van der Waals surface area contributed by atoms with Gasteiger partial charge in [-0.15, -0.1) is 0 Å². The molecule has 3 rings (SSSR count). The molecule has 0 aromatic rings. The fourth-order valence-electron chi connectivity index (χ4n) is 2.82. The van der Waals surface area contributed by atoms with E-state index in [4.69, 9.17) is 0 Å². The van der Waals surface area contributed by atoms with Gasteiger partial charge in [0.05, 0.1) is 0 Å². The van der Waals surface area contributed by atoms with E-state index in [0.717, 1.165) is 6.42 Å². The second-order valence-electron chi connectivity index (χ2n) is 4.83. The van der Waals surface area contributed by atoms with Crippen molar-refractivity contribution in [3.63, 3.8) is 0 Å². The molecule has 0 N–H and O–H groups in total. The molecule has 0 amide bonds. The summed E-state index contributed by atoms with van der Waals surface area (Å²) in [4.78, 5) is 0. The van der Waals surface area contributed by atoms with Gasteiger partial charge >= 0.3 is 123 Å². The molecule has 0 nitrogen and oxygen atoms in total. The number of rotatable bonds is 1. The summed E-state index contributed by atoms with van der Waals surface area (Å²) in [6.45, 7) is 6.86. The molecule has 0 spiro atoms. The van der Waals surface area contributed by atoms with E-state index < -0.39 is 0 Å². The molecule has 0 saturated heterocycles. The number of hydrogen-bond acceptors (Lipinski definition) is 0. The minimum absolute atomic E-state index is 0. The van der Waals surface area contributed by atoms with Crippen LogP contribution in [0.15, 0.2) is 58.7 Å². The molecule has 0 saturated carbocycles. The van der Waals surface area contributed by atoms with Crippen molar-refractivity contribution in [1.82, 2.24) is 0 Å². The van der Waals surface area contributed by atoms with Gasteiger partial charge in [-0.1, -0.05) is 0 Å². The number of halogens is 2. The number of fused-ring (bicyclic) bond motifs is 1. The minimum atomic E-state index is 0. The maximum absolute atomic E-state index is 2.41. The first kappa shape index (κ1) is 19.1. The molecule has 1 aliphatic heterocycles. The quantitative estimate of drug-likeness (QED) is 0.445. The Morgan fingerprint density at radius 3 is 2.47 bits per heavy atom. The van der Waals surface area contributed by atoms with Crippen molar-refractivity contribution < 1.29 is 51.0 Å². The van der Waals surface area contributed by atoms with Crippen LogP contribution in [0.25, 0.3) is 0 Å². The third kappa shape index (κ3) is 3.41. The molecular weight excluding hydrogens is 353 g/mol. The van der Waals surface area contributed by atoms with E-state index in [-0.39, 0.29) is 51.0 Å². The largest absolute Gasteiger partial charge is 2.00 e. The molecule has 0 radical (unpaired) electrons. The Hall–Kier alpha value is 0.0981. The zero-order valence-electron chi connectivity index (χ0n) is 11.1. The average Bonchev–Trinajstić information content (AvgIpc) is 2.92.